The molecular formula is C19H22N2O4. The van der Waals surface area contributed by atoms with Crippen molar-refractivity contribution in [3.05, 3.63) is 52.4 Å². The van der Waals surface area contributed by atoms with E-state index in [4.69, 9.17) is 4.52 Å². The number of aliphatic carboxylic acids is 1. The van der Waals surface area contributed by atoms with Crippen molar-refractivity contribution >= 4 is 11.9 Å². The second-order valence-corrected chi connectivity index (χ2v) is 6.69. The van der Waals surface area contributed by atoms with Crippen molar-refractivity contribution in [1.29, 1.82) is 0 Å². The van der Waals surface area contributed by atoms with Gasteiger partial charge in [-0.15, -0.1) is 0 Å². The number of aromatic nitrogens is 1. The highest BCUT2D eigenvalue weighted by molar-refractivity contribution is 5.85. The number of nitrogens with zero attached hydrogens (tertiary/aromatic N) is 2. The number of hydrogen-bond acceptors (Lipinski definition) is 4. The summed E-state index contributed by atoms with van der Waals surface area (Å²) in [5.41, 5.74) is 3.71. The smallest absolute Gasteiger partial charge is 0.326 e. The molecule has 0 unspecified atom stereocenters. The fourth-order valence-corrected chi connectivity index (χ4v) is 3.68. The topological polar surface area (TPSA) is 83.6 Å². The van der Waals surface area contributed by atoms with Crippen molar-refractivity contribution in [3.8, 4) is 0 Å². The third-order valence-corrected chi connectivity index (χ3v) is 4.92. The molecule has 1 aromatic heterocycles. The summed E-state index contributed by atoms with van der Waals surface area (Å²) in [4.78, 5) is 26.0. The number of fused-ring (bicyclic) bond motifs is 1. The van der Waals surface area contributed by atoms with Crippen LogP contribution < -0.4 is 0 Å². The second kappa shape index (κ2) is 6.70. The van der Waals surface area contributed by atoms with Gasteiger partial charge < -0.3 is 14.5 Å². The number of amides is 1. The number of carboxylic acids is 1. The molecule has 0 fully saturated rings. The van der Waals surface area contributed by atoms with Crippen molar-refractivity contribution in [3.63, 3.8) is 0 Å². The minimum absolute atomic E-state index is 0.0784. The van der Waals surface area contributed by atoms with Gasteiger partial charge in [0.15, 0.2) is 0 Å². The number of carboxylic acid groups (broad SMARTS) is 1. The van der Waals surface area contributed by atoms with E-state index in [0.29, 0.717) is 18.7 Å². The summed E-state index contributed by atoms with van der Waals surface area (Å²) in [6, 6.07) is 6.87. The highest BCUT2D eigenvalue weighted by Crippen LogP contribution is 2.29. The summed E-state index contributed by atoms with van der Waals surface area (Å²) < 4.78 is 5.18. The molecule has 1 aliphatic heterocycles. The Morgan fingerprint density at radius 2 is 2.00 bits per heavy atom. The molecule has 1 N–H and O–H groups in total. The lowest BCUT2D eigenvalue weighted by atomic mass is 9.91. The van der Waals surface area contributed by atoms with Crippen molar-refractivity contribution in [2.75, 3.05) is 0 Å². The number of carbonyl (C=O) groups excluding carboxylic acids is 1. The molecule has 6 nitrogen and oxygen atoms in total. The number of hydrogen-bond donors (Lipinski definition) is 1. The van der Waals surface area contributed by atoms with Gasteiger partial charge in [0.2, 0.25) is 5.91 Å². The molecule has 1 aliphatic rings. The monoisotopic (exact) mass is 342 g/mol. The van der Waals surface area contributed by atoms with Crippen molar-refractivity contribution in [2.24, 2.45) is 0 Å². The van der Waals surface area contributed by atoms with Gasteiger partial charge in [-0.25, -0.2) is 4.79 Å². The lowest BCUT2D eigenvalue weighted by Gasteiger charge is -2.35. The van der Waals surface area contributed by atoms with Gasteiger partial charge in [0.05, 0.1) is 5.69 Å². The van der Waals surface area contributed by atoms with Crippen molar-refractivity contribution < 1.29 is 19.2 Å². The van der Waals surface area contributed by atoms with E-state index in [-0.39, 0.29) is 18.2 Å². The lowest BCUT2D eigenvalue weighted by molar-refractivity contribution is -0.151. The molecule has 0 spiro atoms. The van der Waals surface area contributed by atoms with Gasteiger partial charge in [0.1, 0.15) is 11.8 Å². The highest BCUT2D eigenvalue weighted by atomic mass is 16.5. The van der Waals surface area contributed by atoms with Crippen LogP contribution in [0.25, 0.3) is 0 Å². The zero-order valence-electron chi connectivity index (χ0n) is 14.7. The lowest BCUT2D eigenvalue weighted by Crippen LogP contribution is -2.48. The van der Waals surface area contributed by atoms with Crippen LogP contribution in [0.3, 0.4) is 0 Å². The first kappa shape index (κ1) is 17.2. The average Bonchev–Trinajstić information content (AvgIpc) is 2.92. The van der Waals surface area contributed by atoms with Crippen LogP contribution in [0.15, 0.2) is 28.8 Å². The minimum atomic E-state index is -0.965. The largest absolute Gasteiger partial charge is 0.480 e. The molecule has 0 radical (unpaired) electrons. The van der Waals surface area contributed by atoms with Gasteiger partial charge >= 0.3 is 5.97 Å². The quantitative estimate of drug-likeness (QED) is 0.924. The van der Waals surface area contributed by atoms with E-state index in [9.17, 15) is 14.7 Å². The molecule has 1 aromatic carbocycles. The Kier molecular flexibility index (Phi) is 4.61. The Hall–Kier alpha value is -2.63. The summed E-state index contributed by atoms with van der Waals surface area (Å²) in [7, 11) is 0. The molecule has 0 aliphatic carbocycles. The summed E-state index contributed by atoms with van der Waals surface area (Å²) in [6.45, 7) is 5.95. The standard InChI is InChI=1S/C19H22N2O4/c1-11(18-12(2)20-25-13(18)3)8-17(22)21-10-15-7-5-4-6-14(15)9-16(21)19(23)24/h4-7,11,16H,8-10H2,1-3H3,(H,23,24)/t11-,16-/m0/s1. The Labute approximate surface area is 146 Å². The number of carbonyl (C=O) groups is 2. The highest BCUT2D eigenvalue weighted by Gasteiger charge is 2.35. The molecule has 132 valence electrons. The third-order valence-electron chi connectivity index (χ3n) is 4.92. The predicted octanol–water partition coefficient (Wildman–Crippen LogP) is 2.82. The van der Waals surface area contributed by atoms with Gasteiger partial charge in [0.25, 0.3) is 0 Å². The molecule has 2 atom stereocenters. The van der Waals surface area contributed by atoms with Crippen molar-refractivity contribution in [2.45, 2.75) is 52.1 Å². The predicted molar refractivity (Wildman–Crippen MR) is 91.1 cm³/mol. The van der Waals surface area contributed by atoms with Crippen LogP contribution in [0.5, 0.6) is 0 Å². The first-order valence-corrected chi connectivity index (χ1v) is 8.40. The van der Waals surface area contributed by atoms with E-state index in [1.165, 1.54) is 4.90 Å². The van der Waals surface area contributed by atoms with E-state index < -0.39 is 12.0 Å². The fourth-order valence-electron chi connectivity index (χ4n) is 3.68. The molecule has 0 saturated heterocycles. The van der Waals surface area contributed by atoms with Crippen LogP contribution in [0, 0.1) is 13.8 Å². The van der Waals surface area contributed by atoms with Gasteiger partial charge in [-0.1, -0.05) is 36.3 Å². The van der Waals surface area contributed by atoms with Crippen molar-refractivity contribution in [1.82, 2.24) is 10.1 Å². The van der Waals surface area contributed by atoms with Crippen LogP contribution in [0.2, 0.25) is 0 Å². The molecule has 6 heteroatoms. The van der Waals surface area contributed by atoms with Gasteiger partial charge in [-0.05, 0) is 30.9 Å². The summed E-state index contributed by atoms with van der Waals surface area (Å²) in [5, 5.41) is 13.5. The number of benzene rings is 1. The van der Waals surface area contributed by atoms with Crippen LogP contribution >= 0.6 is 0 Å². The maximum atomic E-state index is 12.9. The Morgan fingerprint density at radius 3 is 2.60 bits per heavy atom. The summed E-state index contributed by atoms with van der Waals surface area (Å²) >= 11 is 0. The Morgan fingerprint density at radius 1 is 1.32 bits per heavy atom. The van der Waals surface area contributed by atoms with Crippen LogP contribution in [-0.2, 0) is 22.6 Å². The Balaban J connectivity index is 1.81. The molecule has 2 heterocycles. The minimum Gasteiger partial charge on any atom is -0.480 e. The maximum Gasteiger partial charge on any atom is 0.326 e. The van der Waals surface area contributed by atoms with Gasteiger partial charge in [0, 0.05) is 24.9 Å². The van der Waals surface area contributed by atoms with E-state index >= 15 is 0 Å². The Bertz CT molecular complexity index is 792. The molecular weight excluding hydrogens is 320 g/mol. The van der Waals surface area contributed by atoms with Crippen LogP contribution in [0.4, 0.5) is 0 Å². The van der Waals surface area contributed by atoms with Gasteiger partial charge in [-0.3, -0.25) is 4.79 Å². The third kappa shape index (κ3) is 3.29. The van der Waals surface area contributed by atoms with Crippen LogP contribution in [-0.4, -0.2) is 33.1 Å². The van der Waals surface area contributed by atoms with E-state index in [0.717, 1.165) is 22.4 Å². The molecule has 0 bridgehead atoms. The second-order valence-electron chi connectivity index (χ2n) is 6.69. The molecule has 2 aromatic rings. The first-order chi connectivity index (χ1) is 11.9. The molecule has 0 saturated carbocycles. The first-order valence-electron chi connectivity index (χ1n) is 8.40. The number of aryl methyl sites for hydroxylation is 2. The summed E-state index contributed by atoms with van der Waals surface area (Å²) in [6.07, 6.45) is 0.575. The summed E-state index contributed by atoms with van der Waals surface area (Å²) in [5.74, 6) is -0.496. The number of rotatable bonds is 4. The van der Waals surface area contributed by atoms with E-state index in [2.05, 4.69) is 5.16 Å². The zero-order chi connectivity index (χ0) is 18.1. The fraction of sp³-hybridized carbons (Fsp3) is 0.421. The normalized spacial score (nSPS) is 17.9. The van der Waals surface area contributed by atoms with Gasteiger partial charge in [-0.2, -0.15) is 0 Å². The molecule has 3 rings (SSSR count). The molecule has 25 heavy (non-hydrogen) atoms. The van der Waals surface area contributed by atoms with E-state index in [1.54, 1.807) is 0 Å². The van der Waals surface area contributed by atoms with E-state index in [1.807, 2.05) is 45.0 Å². The maximum absolute atomic E-state index is 12.9. The molecule has 1 amide bonds. The van der Waals surface area contributed by atoms with Crippen LogP contribution in [0.1, 0.15) is 47.4 Å². The zero-order valence-corrected chi connectivity index (χ0v) is 14.7. The average molecular weight is 342 g/mol. The SMILES string of the molecule is Cc1noc(C)c1[C@@H](C)CC(=O)N1Cc2ccccc2C[C@H]1C(=O)O.